The van der Waals surface area contributed by atoms with E-state index in [0.29, 0.717) is 5.41 Å². The van der Waals surface area contributed by atoms with E-state index in [4.69, 9.17) is 4.98 Å². The standard InChI is InChI=1S/C18H23N3S.ClH/c1-2-4-15(5-3-1)16-13-22-17(20-16)12-21-11-8-18(14-21)6-9-19-10-7-18;/h1-5,13,19H,6-12,14H2;1H. The van der Waals surface area contributed by atoms with E-state index in [1.54, 1.807) is 11.3 Å². The van der Waals surface area contributed by atoms with Crippen LogP contribution in [0.25, 0.3) is 11.3 Å². The lowest BCUT2D eigenvalue weighted by Crippen LogP contribution is -2.38. The Labute approximate surface area is 148 Å². The van der Waals surface area contributed by atoms with Crippen LogP contribution in [0.4, 0.5) is 0 Å². The lowest BCUT2D eigenvalue weighted by Gasteiger charge is -2.33. The summed E-state index contributed by atoms with van der Waals surface area (Å²) in [5.74, 6) is 0. The van der Waals surface area contributed by atoms with Gasteiger partial charge in [0, 0.05) is 17.5 Å². The van der Waals surface area contributed by atoms with Crippen LogP contribution >= 0.6 is 23.7 Å². The molecule has 1 aromatic heterocycles. The van der Waals surface area contributed by atoms with Crippen molar-refractivity contribution in [2.24, 2.45) is 5.41 Å². The zero-order chi connectivity index (χ0) is 14.8. The molecule has 2 saturated heterocycles. The maximum Gasteiger partial charge on any atom is 0.107 e. The highest BCUT2D eigenvalue weighted by Gasteiger charge is 2.38. The minimum Gasteiger partial charge on any atom is -0.317 e. The Morgan fingerprint density at radius 3 is 2.70 bits per heavy atom. The molecule has 1 aromatic carbocycles. The second-order valence-corrected chi connectivity index (χ2v) is 7.65. The average molecular weight is 350 g/mol. The molecule has 5 heteroatoms. The van der Waals surface area contributed by atoms with Crippen LogP contribution in [0, 0.1) is 5.41 Å². The Bertz CT molecular complexity index is 622. The van der Waals surface area contributed by atoms with Crippen LogP contribution in [-0.4, -0.2) is 36.1 Å². The molecule has 1 spiro atoms. The lowest BCUT2D eigenvalue weighted by molar-refractivity contribution is 0.194. The molecule has 3 heterocycles. The summed E-state index contributed by atoms with van der Waals surface area (Å²) in [6.45, 7) is 5.91. The number of hydrogen-bond acceptors (Lipinski definition) is 4. The molecule has 0 bridgehead atoms. The van der Waals surface area contributed by atoms with E-state index in [-0.39, 0.29) is 12.4 Å². The van der Waals surface area contributed by atoms with Crippen molar-refractivity contribution in [1.29, 1.82) is 0 Å². The minimum atomic E-state index is 0. The number of halogens is 1. The number of nitrogens with one attached hydrogen (secondary N) is 1. The Morgan fingerprint density at radius 1 is 1.13 bits per heavy atom. The van der Waals surface area contributed by atoms with Gasteiger partial charge in [0.05, 0.1) is 12.2 Å². The van der Waals surface area contributed by atoms with Gasteiger partial charge < -0.3 is 5.32 Å². The van der Waals surface area contributed by atoms with Crippen molar-refractivity contribution in [3.05, 3.63) is 40.7 Å². The molecule has 0 radical (unpaired) electrons. The molecule has 0 amide bonds. The summed E-state index contributed by atoms with van der Waals surface area (Å²) in [5, 5.41) is 6.94. The molecular formula is C18H24ClN3S. The number of benzene rings is 1. The van der Waals surface area contributed by atoms with Gasteiger partial charge in [-0.05, 0) is 44.3 Å². The van der Waals surface area contributed by atoms with Crippen molar-refractivity contribution >= 4 is 23.7 Å². The zero-order valence-electron chi connectivity index (χ0n) is 13.3. The van der Waals surface area contributed by atoms with Gasteiger partial charge in [0.25, 0.3) is 0 Å². The summed E-state index contributed by atoms with van der Waals surface area (Å²) in [7, 11) is 0. The zero-order valence-corrected chi connectivity index (χ0v) is 15.0. The molecule has 23 heavy (non-hydrogen) atoms. The van der Waals surface area contributed by atoms with Gasteiger partial charge in [0.15, 0.2) is 0 Å². The predicted octanol–water partition coefficient (Wildman–Crippen LogP) is 3.81. The third-order valence-corrected chi connectivity index (χ3v) is 6.00. The third-order valence-electron chi connectivity index (χ3n) is 5.16. The number of rotatable bonds is 3. The van der Waals surface area contributed by atoms with Gasteiger partial charge in [-0.25, -0.2) is 4.98 Å². The van der Waals surface area contributed by atoms with Crippen LogP contribution in [0.2, 0.25) is 0 Å². The predicted molar refractivity (Wildman–Crippen MR) is 99.2 cm³/mol. The molecule has 3 nitrogen and oxygen atoms in total. The second-order valence-electron chi connectivity index (χ2n) is 6.70. The summed E-state index contributed by atoms with van der Waals surface area (Å²) in [6, 6.07) is 10.5. The Morgan fingerprint density at radius 2 is 1.91 bits per heavy atom. The first-order chi connectivity index (χ1) is 10.8. The van der Waals surface area contributed by atoms with E-state index >= 15 is 0 Å². The molecule has 0 saturated carbocycles. The molecule has 0 atom stereocenters. The number of hydrogen-bond donors (Lipinski definition) is 1. The molecule has 2 fully saturated rings. The fraction of sp³-hybridized carbons (Fsp3) is 0.500. The van der Waals surface area contributed by atoms with Gasteiger partial charge in [-0.2, -0.15) is 0 Å². The molecule has 0 unspecified atom stereocenters. The normalized spacial score (nSPS) is 20.5. The maximum absolute atomic E-state index is 4.84. The van der Waals surface area contributed by atoms with Crippen LogP contribution in [0.3, 0.4) is 0 Å². The molecular weight excluding hydrogens is 326 g/mol. The van der Waals surface area contributed by atoms with Crippen molar-refractivity contribution in [2.45, 2.75) is 25.8 Å². The van der Waals surface area contributed by atoms with Crippen molar-refractivity contribution in [3.8, 4) is 11.3 Å². The van der Waals surface area contributed by atoms with Crippen LogP contribution in [0.1, 0.15) is 24.3 Å². The van der Waals surface area contributed by atoms with Crippen molar-refractivity contribution in [1.82, 2.24) is 15.2 Å². The quantitative estimate of drug-likeness (QED) is 0.913. The summed E-state index contributed by atoms with van der Waals surface area (Å²) in [4.78, 5) is 7.45. The van der Waals surface area contributed by atoms with Crippen LogP contribution < -0.4 is 5.32 Å². The lowest BCUT2D eigenvalue weighted by atomic mass is 9.78. The molecule has 0 aliphatic carbocycles. The van der Waals surface area contributed by atoms with E-state index in [0.717, 1.165) is 12.2 Å². The van der Waals surface area contributed by atoms with Gasteiger partial charge in [-0.15, -0.1) is 23.7 Å². The second kappa shape index (κ2) is 7.31. The van der Waals surface area contributed by atoms with Gasteiger partial charge >= 0.3 is 0 Å². The number of piperidine rings is 1. The Balaban J connectivity index is 0.00000156. The molecule has 4 rings (SSSR count). The van der Waals surface area contributed by atoms with Gasteiger partial charge in [0.2, 0.25) is 0 Å². The van der Waals surface area contributed by atoms with E-state index in [9.17, 15) is 0 Å². The van der Waals surface area contributed by atoms with Gasteiger partial charge in [0.1, 0.15) is 5.01 Å². The van der Waals surface area contributed by atoms with Crippen molar-refractivity contribution in [2.75, 3.05) is 26.2 Å². The van der Waals surface area contributed by atoms with E-state index in [2.05, 4.69) is 45.9 Å². The molecule has 2 aromatic rings. The number of aromatic nitrogens is 1. The van der Waals surface area contributed by atoms with Gasteiger partial charge in [-0.3, -0.25) is 4.90 Å². The summed E-state index contributed by atoms with van der Waals surface area (Å²) < 4.78 is 0. The monoisotopic (exact) mass is 349 g/mol. The van der Waals surface area contributed by atoms with E-state index in [1.165, 1.54) is 56.0 Å². The highest BCUT2D eigenvalue weighted by Crippen LogP contribution is 2.39. The largest absolute Gasteiger partial charge is 0.317 e. The summed E-state index contributed by atoms with van der Waals surface area (Å²) in [5.41, 5.74) is 2.93. The first-order valence-electron chi connectivity index (χ1n) is 8.26. The minimum absolute atomic E-state index is 0. The Kier molecular flexibility index (Phi) is 5.37. The fourth-order valence-electron chi connectivity index (χ4n) is 3.84. The summed E-state index contributed by atoms with van der Waals surface area (Å²) >= 11 is 1.80. The average Bonchev–Trinajstić information content (AvgIpc) is 3.17. The first kappa shape index (κ1) is 16.9. The molecule has 1 N–H and O–H groups in total. The Hall–Kier alpha value is -0.940. The van der Waals surface area contributed by atoms with Crippen LogP contribution in [0.5, 0.6) is 0 Å². The summed E-state index contributed by atoms with van der Waals surface area (Å²) in [6.07, 6.45) is 4.05. The fourth-order valence-corrected chi connectivity index (χ4v) is 4.69. The highest BCUT2D eigenvalue weighted by molar-refractivity contribution is 7.09. The SMILES string of the molecule is Cl.c1ccc(-c2csc(CN3CCC4(CCNCC4)C3)n2)cc1. The first-order valence-corrected chi connectivity index (χ1v) is 9.14. The maximum atomic E-state index is 4.84. The molecule has 2 aliphatic rings. The molecule has 2 aliphatic heterocycles. The number of likely N-dealkylation sites (tertiary alicyclic amines) is 1. The number of thiazole rings is 1. The number of nitrogens with zero attached hydrogens (tertiary/aromatic N) is 2. The third kappa shape index (κ3) is 3.77. The van der Waals surface area contributed by atoms with E-state index in [1.807, 2.05) is 0 Å². The topological polar surface area (TPSA) is 28.2 Å². The van der Waals surface area contributed by atoms with E-state index < -0.39 is 0 Å². The van der Waals surface area contributed by atoms with Crippen molar-refractivity contribution < 1.29 is 0 Å². The van der Waals surface area contributed by atoms with Crippen molar-refractivity contribution in [3.63, 3.8) is 0 Å². The highest BCUT2D eigenvalue weighted by atomic mass is 35.5. The van der Waals surface area contributed by atoms with Crippen LogP contribution in [-0.2, 0) is 6.54 Å². The smallest absolute Gasteiger partial charge is 0.107 e. The molecule has 124 valence electrons. The van der Waals surface area contributed by atoms with Crippen LogP contribution in [0.15, 0.2) is 35.7 Å². The van der Waals surface area contributed by atoms with Gasteiger partial charge in [-0.1, -0.05) is 30.3 Å².